The molecule has 0 spiro atoms. The van der Waals surface area contributed by atoms with Crippen molar-refractivity contribution in [2.75, 3.05) is 0 Å². The fourth-order valence-corrected chi connectivity index (χ4v) is 0.845. The average molecular weight is 118 g/mol. The monoisotopic (exact) mass is 118 g/mol. The van der Waals surface area contributed by atoms with Gasteiger partial charge in [0, 0.05) is 7.74 Å². The molecule has 0 fully saturated rings. The minimum Gasteiger partial charge on any atom is -0.0920 e. The first-order valence-corrected chi connectivity index (χ1v) is 3.55. The highest BCUT2D eigenvalue weighted by Gasteiger charge is 2.08. The predicted octanol–water partition coefficient (Wildman–Crippen LogP) is 1.39. The van der Waals surface area contributed by atoms with Crippen molar-refractivity contribution in [3.63, 3.8) is 0 Å². The largest absolute Gasteiger partial charge is 0.105 e. The van der Waals surface area contributed by atoms with E-state index in [1.165, 1.54) is 0 Å². The molecule has 0 aliphatic heterocycles. The van der Waals surface area contributed by atoms with E-state index in [1.54, 1.807) is 7.17 Å². The van der Waals surface area contributed by atoms with Crippen LogP contribution in [0.25, 0.3) is 0 Å². The highest BCUT2D eigenvalue weighted by molar-refractivity contribution is 6.90. The Hall–Kier alpha value is 0.195. The van der Waals surface area contributed by atoms with E-state index in [9.17, 15) is 0 Å². The molecule has 0 heterocycles. The lowest BCUT2D eigenvalue weighted by atomic mass is 9.41. The Labute approximate surface area is 61.7 Å². The van der Waals surface area contributed by atoms with Gasteiger partial charge >= 0.3 is 0 Å². The lowest BCUT2D eigenvalue weighted by Crippen LogP contribution is -2.11. The highest BCUT2D eigenvalue weighted by Crippen LogP contribution is 2.19. The van der Waals surface area contributed by atoms with Crippen LogP contribution in [0.5, 0.6) is 0 Å². The van der Waals surface area contributed by atoms with Crippen LogP contribution < -0.4 is 0 Å². The molecular formula is C6H13B3. The quantitative estimate of drug-likeness (QED) is 0.489. The van der Waals surface area contributed by atoms with Gasteiger partial charge in [-0.1, -0.05) is 38.7 Å². The van der Waals surface area contributed by atoms with E-state index in [1.807, 2.05) is 0 Å². The fraction of sp³-hybridized carbons (Fsp3) is 1.00. The van der Waals surface area contributed by atoms with E-state index < -0.39 is 0 Å². The molecule has 0 aliphatic carbocycles. The van der Waals surface area contributed by atoms with Crippen LogP contribution in [-0.4, -0.2) is 22.2 Å². The maximum absolute atomic E-state index is 5.41. The molecule has 0 nitrogen and oxygen atoms in total. The first kappa shape index (κ1) is 9.19. The van der Waals surface area contributed by atoms with Crippen LogP contribution in [-0.2, 0) is 0 Å². The summed E-state index contributed by atoms with van der Waals surface area (Å²) in [6.07, 6.45) is 1.11. The minimum atomic E-state index is 0.565. The Morgan fingerprint density at radius 2 is 2.00 bits per heavy atom. The molecule has 0 rings (SSSR count). The predicted molar refractivity (Wildman–Crippen MR) is 46.5 cm³/mol. The van der Waals surface area contributed by atoms with Crippen molar-refractivity contribution in [2.45, 2.75) is 32.8 Å². The third-order valence-corrected chi connectivity index (χ3v) is 1.61. The van der Waals surface area contributed by atoms with E-state index in [0.717, 1.165) is 6.32 Å². The van der Waals surface area contributed by atoms with Gasteiger partial charge in [0.2, 0.25) is 0 Å². The molecule has 46 valence electrons. The molecule has 4 radical (unpaired) electrons. The molecule has 0 aromatic heterocycles. The number of hydrogen-bond donors (Lipinski definition) is 0. The van der Waals surface area contributed by atoms with Gasteiger partial charge < -0.3 is 0 Å². The molecule has 3 heteroatoms. The second-order valence-electron chi connectivity index (χ2n) is 2.74. The van der Waals surface area contributed by atoms with Crippen molar-refractivity contribution in [3.05, 3.63) is 0 Å². The normalized spacial score (nSPS) is 13.3. The van der Waals surface area contributed by atoms with Crippen LogP contribution in [0.15, 0.2) is 0 Å². The van der Waals surface area contributed by atoms with Gasteiger partial charge in [-0.2, -0.15) is 0 Å². The van der Waals surface area contributed by atoms with E-state index in [0.29, 0.717) is 11.7 Å². The van der Waals surface area contributed by atoms with Gasteiger partial charge in [0.1, 0.15) is 7.28 Å². The lowest BCUT2D eigenvalue weighted by Gasteiger charge is -2.17. The van der Waals surface area contributed by atoms with Crippen LogP contribution >= 0.6 is 0 Å². The zero-order valence-corrected chi connectivity index (χ0v) is 6.59. The third-order valence-electron chi connectivity index (χ3n) is 1.61. The minimum absolute atomic E-state index is 0.565. The molecule has 0 amide bonds. The van der Waals surface area contributed by atoms with Crippen LogP contribution in [0.3, 0.4) is 0 Å². The third kappa shape index (κ3) is 3.72. The topological polar surface area (TPSA) is 0 Å². The maximum atomic E-state index is 5.41. The smallest absolute Gasteiger partial charge is 0.0920 e. The van der Waals surface area contributed by atoms with Crippen molar-refractivity contribution in [1.29, 1.82) is 0 Å². The maximum Gasteiger partial charge on any atom is 0.105 e. The van der Waals surface area contributed by atoms with Crippen LogP contribution in [0.2, 0.25) is 19.0 Å². The zero-order chi connectivity index (χ0) is 7.28. The Morgan fingerprint density at radius 3 is 2.11 bits per heavy atom. The summed E-state index contributed by atoms with van der Waals surface area (Å²) in [6, 6.07) is 0. The Kier molecular flexibility index (Phi) is 5.13. The van der Waals surface area contributed by atoms with Crippen molar-refractivity contribution >= 4 is 22.2 Å². The van der Waals surface area contributed by atoms with Crippen molar-refractivity contribution in [3.8, 4) is 0 Å². The van der Waals surface area contributed by atoms with E-state index in [4.69, 9.17) is 7.74 Å². The van der Waals surface area contributed by atoms with E-state index >= 15 is 0 Å². The van der Waals surface area contributed by atoms with Gasteiger partial charge in [-0.25, -0.2) is 0 Å². The molecule has 0 saturated carbocycles. The molecule has 0 N–H and O–H groups in total. The molecule has 1 atom stereocenters. The standard InChI is InChI=1S/C6H13B3/c1-5(2)6(9-7)4-8-3/h5-6H,4H2,1-3H3. The zero-order valence-electron chi connectivity index (χ0n) is 6.59. The van der Waals surface area contributed by atoms with Crippen molar-refractivity contribution < 1.29 is 0 Å². The molecule has 0 aromatic rings. The summed E-state index contributed by atoms with van der Waals surface area (Å²) in [7, 11) is 9.37. The average Bonchev–Trinajstić information content (AvgIpc) is 1.82. The first-order chi connectivity index (χ1) is 4.22. The van der Waals surface area contributed by atoms with Gasteiger partial charge in [-0.3, -0.25) is 0 Å². The van der Waals surface area contributed by atoms with E-state index in [2.05, 4.69) is 28.0 Å². The second-order valence-corrected chi connectivity index (χ2v) is 2.74. The summed E-state index contributed by atoms with van der Waals surface area (Å²) >= 11 is 0. The van der Waals surface area contributed by atoms with Crippen LogP contribution in [0, 0.1) is 5.92 Å². The van der Waals surface area contributed by atoms with Gasteiger partial charge in [0.15, 0.2) is 0 Å². The van der Waals surface area contributed by atoms with Gasteiger partial charge in [0.05, 0.1) is 7.17 Å². The molecule has 9 heavy (non-hydrogen) atoms. The fourth-order valence-electron chi connectivity index (χ4n) is 0.845. The molecule has 0 aliphatic rings. The summed E-state index contributed by atoms with van der Waals surface area (Å²) in [5.74, 6) is 1.24. The van der Waals surface area contributed by atoms with Crippen LogP contribution in [0.4, 0.5) is 0 Å². The Bertz CT molecular complexity index is 63.3. The first-order valence-electron chi connectivity index (χ1n) is 3.55. The van der Waals surface area contributed by atoms with E-state index in [-0.39, 0.29) is 0 Å². The van der Waals surface area contributed by atoms with Crippen molar-refractivity contribution in [2.24, 2.45) is 5.92 Å². The molecule has 0 aromatic carbocycles. The molecular weight excluding hydrogens is 105 g/mol. The molecule has 1 unspecified atom stereocenters. The highest BCUT2D eigenvalue weighted by atomic mass is 14.0. The SMILES string of the molecule is [B][B]C(C[B]C)C(C)C. The summed E-state index contributed by atoms with van der Waals surface area (Å²) in [5, 5.41) is 0. The summed E-state index contributed by atoms with van der Waals surface area (Å²) in [6.45, 7) is 6.45. The summed E-state index contributed by atoms with van der Waals surface area (Å²) < 4.78 is 0. The molecule has 0 bridgehead atoms. The Morgan fingerprint density at radius 1 is 1.44 bits per heavy atom. The van der Waals surface area contributed by atoms with Gasteiger partial charge in [0.25, 0.3) is 0 Å². The van der Waals surface area contributed by atoms with Crippen molar-refractivity contribution in [1.82, 2.24) is 0 Å². The second kappa shape index (κ2) is 5.02. The summed E-state index contributed by atoms with van der Waals surface area (Å²) in [5.41, 5.74) is 0. The molecule has 0 saturated heterocycles. The Balaban J connectivity index is 3.41. The van der Waals surface area contributed by atoms with Gasteiger partial charge in [-0.15, -0.1) is 0 Å². The number of rotatable bonds is 4. The van der Waals surface area contributed by atoms with Gasteiger partial charge in [-0.05, 0) is 0 Å². The lowest BCUT2D eigenvalue weighted by molar-refractivity contribution is 0.621. The number of hydrogen-bond acceptors (Lipinski definition) is 0. The summed E-state index contributed by atoms with van der Waals surface area (Å²) in [4.78, 5) is 0. The van der Waals surface area contributed by atoms with Crippen LogP contribution in [0.1, 0.15) is 13.8 Å².